The van der Waals surface area contributed by atoms with Gasteiger partial charge in [0, 0.05) is 12.1 Å². The number of hydrogen-bond donors (Lipinski definition) is 2. The molecular weight excluding hydrogens is 340 g/mol. The summed E-state index contributed by atoms with van der Waals surface area (Å²) < 4.78 is 5.31. The number of rotatable bonds is 8. The Kier molecular flexibility index (Phi) is 7.41. The van der Waals surface area contributed by atoms with E-state index in [-0.39, 0.29) is 24.3 Å². The zero-order valence-corrected chi connectivity index (χ0v) is 16.4. The fourth-order valence-electron chi connectivity index (χ4n) is 3.05. The molecule has 2 N–H and O–H groups in total. The number of carbonyl (C=O) groups excluding carboxylic acids is 2. The first-order valence-corrected chi connectivity index (χ1v) is 9.16. The summed E-state index contributed by atoms with van der Waals surface area (Å²) in [6.07, 6.45) is 0.335. The molecule has 0 aliphatic rings. The second-order valence-electron chi connectivity index (χ2n) is 6.97. The lowest BCUT2D eigenvalue weighted by atomic mass is 9.85. The summed E-state index contributed by atoms with van der Waals surface area (Å²) in [5, 5.41) is 5.48. The van der Waals surface area contributed by atoms with Crippen molar-refractivity contribution in [2.75, 3.05) is 19.0 Å². The molecule has 0 aliphatic heterocycles. The van der Waals surface area contributed by atoms with Crippen LogP contribution < -0.4 is 15.4 Å². The molecule has 2 aromatic rings. The third kappa shape index (κ3) is 6.13. The number of carbonyl (C=O) groups is 2. The second kappa shape index (κ2) is 9.76. The predicted octanol–water partition coefficient (Wildman–Crippen LogP) is 3.89. The second-order valence-corrected chi connectivity index (χ2v) is 6.97. The van der Waals surface area contributed by atoms with Gasteiger partial charge in [-0.3, -0.25) is 9.59 Å². The van der Waals surface area contributed by atoms with E-state index in [1.807, 2.05) is 37.3 Å². The van der Waals surface area contributed by atoms with Crippen LogP contribution in [0.1, 0.15) is 37.3 Å². The van der Waals surface area contributed by atoms with Gasteiger partial charge in [-0.1, -0.05) is 44.2 Å². The predicted molar refractivity (Wildman–Crippen MR) is 108 cm³/mol. The van der Waals surface area contributed by atoms with Gasteiger partial charge in [0.05, 0.1) is 13.7 Å². The topological polar surface area (TPSA) is 67.4 Å². The minimum atomic E-state index is -0.240. The monoisotopic (exact) mass is 368 g/mol. The molecule has 0 fully saturated rings. The Bertz CT molecular complexity index is 772. The first-order chi connectivity index (χ1) is 12.9. The van der Waals surface area contributed by atoms with E-state index in [9.17, 15) is 9.59 Å². The maximum Gasteiger partial charge on any atom is 0.243 e. The van der Waals surface area contributed by atoms with Gasteiger partial charge in [0.15, 0.2) is 0 Å². The highest BCUT2D eigenvalue weighted by molar-refractivity contribution is 5.94. The molecule has 0 aliphatic carbocycles. The Labute approximate surface area is 161 Å². The number of hydrogen-bond acceptors (Lipinski definition) is 3. The molecule has 0 saturated heterocycles. The Hall–Kier alpha value is -2.82. The molecular formula is C22H28N2O3. The average molecular weight is 368 g/mol. The molecule has 0 spiro atoms. The minimum Gasteiger partial charge on any atom is -0.496 e. The van der Waals surface area contributed by atoms with Crippen molar-refractivity contribution >= 4 is 17.5 Å². The van der Waals surface area contributed by atoms with Gasteiger partial charge in [0.1, 0.15) is 5.75 Å². The van der Waals surface area contributed by atoms with E-state index in [1.165, 1.54) is 0 Å². The van der Waals surface area contributed by atoms with Crippen LogP contribution in [0.5, 0.6) is 5.75 Å². The number of ether oxygens (including phenoxy) is 1. The summed E-state index contributed by atoms with van der Waals surface area (Å²) >= 11 is 0. The summed E-state index contributed by atoms with van der Waals surface area (Å²) in [4.78, 5) is 24.4. The van der Waals surface area contributed by atoms with Crippen LogP contribution in [-0.4, -0.2) is 25.5 Å². The number of amides is 2. The van der Waals surface area contributed by atoms with Crippen LogP contribution in [0.15, 0.2) is 48.5 Å². The summed E-state index contributed by atoms with van der Waals surface area (Å²) in [5.74, 6) is 0.832. The molecule has 2 aromatic carbocycles. The Balaban J connectivity index is 1.93. The zero-order chi connectivity index (χ0) is 19.8. The van der Waals surface area contributed by atoms with Crippen molar-refractivity contribution in [1.82, 2.24) is 5.32 Å². The van der Waals surface area contributed by atoms with E-state index in [0.29, 0.717) is 18.0 Å². The van der Waals surface area contributed by atoms with Crippen molar-refractivity contribution in [1.29, 1.82) is 0 Å². The largest absolute Gasteiger partial charge is 0.496 e. The molecule has 0 bridgehead atoms. The number of para-hydroxylation sites is 1. The average Bonchev–Trinajstić information content (AvgIpc) is 2.65. The summed E-state index contributed by atoms with van der Waals surface area (Å²) in [5.41, 5.74) is 2.86. The smallest absolute Gasteiger partial charge is 0.243 e. The molecule has 5 nitrogen and oxygen atoms in total. The van der Waals surface area contributed by atoms with Crippen molar-refractivity contribution in [3.63, 3.8) is 0 Å². The third-order valence-electron chi connectivity index (χ3n) is 4.56. The van der Waals surface area contributed by atoms with Crippen LogP contribution >= 0.6 is 0 Å². The summed E-state index contributed by atoms with van der Waals surface area (Å²) in [7, 11) is 1.65. The lowest BCUT2D eigenvalue weighted by Gasteiger charge is -2.22. The summed E-state index contributed by atoms with van der Waals surface area (Å²) in [6, 6.07) is 15.2. The van der Waals surface area contributed by atoms with Gasteiger partial charge in [0.25, 0.3) is 0 Å². The van der Waals surface area contributed by atoms with Crippen LogP contribution in [0.3, 0.4) is 0 Å². The van der Waals surface area contributed by atoms with Gasteiger partial charge in [0.2, 0.25) is 11.8 Å². The molecule has 2 rings (SSSR count). The molecule has 0 aromatic heterocycles. The van der Waals surface area contributed by atoms with Crippen LogP contribution in [0, 0.1) is 12.8 Å². The highest BCUT2D eigenvalue weighted by atomic mass is 16.5. The Morgan fingerprint density at radius 2 is 1.74 bits per heavy atom. The van der Waals surface area contributed by atoms with E-state index >= 15 is 0 Å². The van der Waals surface area contributed by atoms with Gasteiger partial charge in [-0.05, 0) is 48.1 Å². The maximum atomic E-state index is 12.4. The van der Waals surface area contributed by atoms with E-state index in [1.54, 1.807) is 19.2 Å². The first kappa shape index (κ1) is 20.5. The molecule has 5 heteroatoms. The first-order valence-electron chi connectivity index (χ1n) is 9.16. The van der Waals surface area contributed by atoms with Gasteiger partial charge in [-0.15, -0.1) is 0 Å². The van der Waals surface area contributed by atoms with Crippen molar-refractivity contribution in [3.05, 3.63) is 59.7 Å². The van der Waals surface area contributed by atoms with Crippen LogP contribution in [0.2, 0.25) is 0 Å². The van der Waals surface area contributed by atoms with Gasteiger partial charge >= 0.3 is 0 Å². The quantitative estimate of drug-likeness (QED) is 0.743. The molecule has 0 saturated carbocycles. The molecule has 1 atom stereocenters. The highest BCUT2D eigenvalue weighted by Gasteiger charge is 2.20. The fraction of sp³-hybridized carbons (Fsp3) is 0.364. The number of aryl methyl sites for hydroxylation is 1. The van der Waals surface area contributed by atoms with E-state index in [0.717, 1.165) is 16.9 Å². The van der Waals surface area contributed by atoms with Crippen molar-refractivity contribution < 1.29 is 14.3 Å². The van der Waals surface area contributed by atoms with Crippen LogP contribution in [-0.2, 0) is 9.59 Å². The highest BCUT2D eigenvalue weighted by Crippen LogP contribution is 2.31. The molecule has 0 heterocycles. The van der Waals surface area contributed by atoms with Crippen LogP contribution in [0.25, 0.3) is 0 Å². The number of anilines is 1. The third-order valence-corrected chi connectivity index (χ3v) is 4.56. The van der Waals surface area contributed by atoms with E-state index in [2.05, 4.69) is 30.5 Å². The molecule has 0 radical (unpaired) electrons. The molecule has 1 unspecified atom stereocenters. The van der Waals surface area contributed by atoms with Gasteiger partial charge < -0.3 is 15.4 Å². The van der Waals surface area contributed by atoms with E-state index in [4.69, 9.17) is 4.74 Å². The van der Waals surface area contributed by atoms with E-state index < -0.39 is 0 Å². The Morgan fingerprint density at radius 3 is 2.33 bits per heavy atom. The summed E-state index contributed by atoms with van der Waals surface area (Å²) in [6.45, 7) is 6.15. The lowest BCUT2D eigenvalue weighted by Crippen LogP contribution is -2.34. The zero-order valence-electron chi connectivity index (χ0n) is 16.4. The number of benzene rings is 2. The van der Waals surface area contributed by atoms with Crippen molar-refractivity contribution in [2.24, 2.45) is 5.92 Å². The van der Waals surface area contributed by atoms with Crippen LogP contribution in [0.4, 0.5) is 5.69 Å². The molecule has 2 amide bonds. The number of nitrogens with one attached hydrogen (secondary N) is 2. The normalized spacial score (nSPS) is 11.7. The van der Waals surface area contributed by atoms with Gasteiger partial charge in [-0.25, -0.2) is 0 Å². The standard InChI is InChI=1S/C22H28N2O3/c1-15(2)19(17-10-11-20(27-4)16(3)12-17)13-21(25)23-14-22(26)24-18-8-6-5-7-9-18/h5-12,15,19H,13-14H2,1-4H3,(H,23,25)(H,24,26). The molecule has 27 heavy (non-hydrogen) atoms. The molecule has 144 valence electrons. The fourth-order valence-corrected chi connectivity index (χ4v) is 3.05. The minimum absolute atomic E-state index is 0.0415. The van der Waals surface area contributed by atoms with Gasteiger partial charge in [-0.2, -0.15) is 0 Å². The Morgan fingerprint density at radius 1 is 1.04 bits per heavy atom. The van der Waals surface area contributed by atoms with Crippen molar-refractivity contribution in [3.8, 4) is 5.75 Å². The SMILES string of the molecule is COc1ccc(C(CC(=O)NCC(=O)Nc2ccccc2)C(C)C)cc1C. The maximum absolute atomic E-state index is 12.4. The number of methoxy groups -OCH3 is 1. The lowest BCUT2D eigenvalue weighted by molar-refractivity contribution is -0.124. The van der Waals surface area contributed by atoms with Crippen molar-refractivity contribution in [2.45, 2.75) is 33.1 Å².